The van der Waals surface area contributed by atoms with Crippen LogP contribution in [0.3, 0.4) is 0 Å². The van der Waals surface area contributed by atoms with Gasteiger partial charge in [-0.15, -0.1) is 0 Å². The normalized spacial score (nSPS) is 14.7. The van der Waals surface area contributed by atoms with Crippen LogP contribution in [0, 0.1) is 11.8 Å². The van der Waals surface area contributed by atoms with Crippen molar-refractivity contribution in [1.29, 1.82) is 0 Å². The van der Waals surface area contributed by atoms with Crippen molar-refractivity contribution in [3.8, 4) is 11.5 Å². The van der Waals surface area contributed by atoms with E-state index in [2.05, 4.69) is 0 Å². The predicted molar refractivity (Wildman–Crippen MR) is 165 cm³/mol. The smallest absolute Gasteiger partial charge is 0.343 e. The Balaban J connectivity index is 2.09. The van der Waals surface area contributed by atoms with Gasteiger partial charge in [-0.05, 0) is 60.4 Å². The number of rotatable bonds is 15. The highest BCUT2D eigenvalue weighted by Crippen LogP contribution is 2.24. The zero-order valence-electron chi connectivity index (χ0n) is 25.5. The van der Waals surface area contributed by atoms with Crippen LogP contribution in [-0.2, 0) is 14.3 Å². The Labute approximate surface area is 252 Å². The number of ether oxygens (including phenoxy) is 4. The molecule has 0 bridgehead atoms. The average molecular weight is 595 g/mol. The van der Waals surface area contributed by atoms with Gasteiger partial charge in [0.2, 0.25) is 0 Å². The molecule has 0 aliphatic heterocycles. The summed E-state index contributed by atoms with van der Waals surface area (Å²) in [7, 11) is 2.85. The molecule has 0 fully saturated rings. The summed E-state index contributed by atoms with van der Waals surface area (Å²) >= 11 is 0. The van der Waals surface area contributed by atoms with E-state index in [0.29, 0.717) is 11.1 Å². The lowest BCUT2D eigenvalue weighted by molar-refractivity contribution is -0.110. The number of hydrogen-bond acceptors (Lipinski definition) is 10. The van der Waals surface area contributed by atoms with Crippen LogP contribution >= 0.6 is 0 Å². The third-order valence-electron chi connectivity index (χ3n) is 6.96. The molecule has 4 unspecified atom stereocenters. The van der Waals surface area contributed by atoms with Gasteiger partial charge in [-0.2, -0.15) is 0 Å². The molecule has 4 atom stereocenters. The highest BCUT2D eigenvalue weighted by atomic mass is 16.6. The van der Waals surface area contributed by atoms with Crippen LogP contribution in [0.4, 0.5) is 0 Å². The molecule has 43 heavy (non-hydrogen) atoms. The SMILES string of the molecule is CCC(C)C(N)OC(=O)c1ccc(/C=C/C(=O)/C=C(O)/C=C/c2ccc(C(=O)OC(N)C(C)CC)c(OC)c2)cc1OC. The summed E-state index contributed by atoms with van der Waals surface area (Å²) in [6.07, 6.45) is 6.78. The van der Waals surface area contributed by atoms with Gasteiger partial charge in [0.1, 0.15) is 28.4 Å². The van der Waals surface area contributed by atoms with E-state index >= 15 is 0 Å². The average Bonchev–Trinajstić information content (AvgIpc) is 3.01. The molecular weight excluding hydrogens is 552 g/mol. The standard InChI is InChI=1S/C33H42N2O8/c1-7-20(3)30(34)42-32(38)26-15-11-22(17-28(26)40-5)9-13-24(36)19-25(37)14-10-23-12-16-27(29(18-23)41-6)33(39)43-31(35)21(4)8-2/h9-21,30-31,36H,7-8,34-35H2,1-6H3/b13-9+,14-10+,24-19-. The van der Waals surface area contributed by atoms with E-state index in [9.17, 15) is 19.5 Å². The molecule has 10 nitrogen and oxygen atoms in total. The second kappa shape index (κ2) is 16.9. The van der Waals surface area contributed by atoms with Crippen LogP contribution in [0.5, 0.6) is 11.5 Å². The third kappa shape index (κ3) is 10.4. The third-order valence-corrected chi connectivity index (χ3v) is 6.96. The van der Waals surface area contributed by atoms with Crippen molar-refractivity contribution in [1.82, 2.24) is 0 Å². The van der Waals surface area contributed by atoms with E-state index in [1.807, 2.05) is 27.7 Å². The zero-order chi connectivity index (χ0) is 32.1. The number of allylic oxidation sites excluding steroid dienone is 3. The number of methoxy groups -OCH3 is 2. The van der Waals surface area contributed by atoms with Crippen molar-refractivity contribution in [2.75, 3.05) is 14.2 Å². The Morgan fingerprint density at radius 1 is 0.767 bits per heavy atom. The van der Waals surface area contributed by atoms with Crippen LogP contribution in [0.2, 0.25) is 0 Å². The van der Waals surface area contributed by atoms with Crippen molar-refractivity contribution in [3.05, 3.63) is 82.6 Å². The molecular formula is C33H42N2O8. The van der Waals surface area contributed by atoms with Crippen LogP contribution in [0.1, 0.15) is 72.4 Å². The summed E-state index contributed by atoms with van der Waals surface area (Å²) < 4.78 is 21.3. The minimum absolute atomic E-state index is 0.000700. The molecule has 0 radical (unpaired) electrons. The Morgan fingerprint density at radius 3 is 1.58 bits per heavy atom. The van der Waals surface area contributed by atoms with Crippen molar-refractivity contribution in [2.45, 2.75) is 53.0 Å². The number of carbonyl (C=O) groups excluding carboxylic acids is 3. The second-order valence-corrected chi connectivity index (χ2v) is 10.1. The maximum absolute atomic E-state index is 12.5. The summed E-state index contributed by atoms with van der Waals surface area (Å²) in [4.78, 5) is 37.5. The zero-order valence-corrected chi connectivity index (χ0v) is 25.5. The van der Waals surface area contributed by atoms with E-state index in [-0.39, 0.29) is 40.2 Å². The lowest BCUT2D eigenvalue weighted by atomic mass is 10.1. The first-order valence-corrected chi connectivity index (χ1v) is 14.0. The molecule has 232 valence electrons. The van der Waals surface area contributed by atoms with E-state index in [1.54, 1.807) is 30.3 Å². The summed E-state index contributed by atoms with van der Waals surface area (Å²) in [5, 5.41) is 10.2. The molecule has 5 N–H and O–H groups in total. The van der Waals surface area contributed by atoms with Crippen molar-refractivity contribution in [3.63, 3.8) is 0 Å². The highest BCUT2D eigenvalue weighted by Gasteiger charge is 2.21. The molecule has 0 spiro atoms. The van der Waals surface area contributed by atoms with Gasteiger partial charge in [-0.3, -0.25) is 16.3 Å². The summed E-state index contributed by atoms with van der Waals surface area (Å²) in [5.41, 5.74) is 13.5. The Morgan fingerprint density at radius 2 is 1.19 bits per heavy atom. The molecule has 10 heteroatoms. The molecule has 0 saturated heterocycles. The first kappa shape index (κ1) is 34.8. The number of hydrogen-bond donors (Lipinski definition) is 3. The fraction of sp³-hybridized carbons (Fsp3) is 0.364. The van der Waals surface area contributed by atoms with Gasteiger partial charge < -0.3 is 24.1 Å². The van der Waals surface area contributed by atoms with Crippen LogP contribution in [0.25, 0.3) is 12.2 Å². The molecule has 0 aromatic heterocycles. The number of aliphatic hydroxyl groups excluding tert-OH is 1. The lowest BCUT2D eigenvalue weighted by Crippen LogP contribution is -2.33. The maximum atomic E-state index is 12.5. The number of ketones is 1. The molecule has 0 amide bonds. The van der Waals surface area contributed by atoms with Gasteiger partial charge in [0, 0.05) is 17.9 Å². The minimum Gasteiger partial charge on any atom is -0.508 e. The maximum Gasteiger partial charge on any atom is 0.343 e. The largest absolute Gasteiger partial charge is 0.508 e. The van der Waals surface area contributed by atoms with Gasteiger partial charge in [-0.1, -0.05) is 52.0 Å². The van der Waals surface area contributed by atoms with Crippen LogP contribution in [0.15, 0.2) is 60.4 Å². The number of benzene rings is 2. The number of nitrogens with two attached hydrogens (primary N) is 2. The van der Waals surface area contributed by atoms with Gasteiger partial charge in [0.15, 0.2) is 18.2 Å². The van der Waals surface area contributed by atoms with Crippen molar-refractivity contribution in [2.24, 2.45) is 23.3 Å². The topological polar surface area (TPSA) is 160 Å². The van der Waals surface area contributed by atoms with Gasteiger partial charge in [-0.25, -0.2) is 9.59 Å². The second-order valence-electron chi connectivity index (χ2n) is 10.1. The van der Waals surface area contributed by atoms with E-state index < -0.39 is 30.2 Å². The summed E-state index contributed by atoms with van der Waals surface area (Å²) in [6, 6.07) is 9.53. The molecule has 2 aromatic carbocycles. The van der Waals surface area contributed by atoms with Crippen molar-refractivity contribution >= 4 is 29.9 Å². The van der Waals surface area contributed by atoms with Gasteiger partial charge in [0.05, 0.1) is 14.2 Å². The number of carbonyl (C=O) groups is 3. The summed E-state index contributed by atoms with van der Waals surface area (Å²) in [5.74, 6) is -1.41. The monoisotopic (exact) mass is 594 g/mol. The lowest BCUT2D eigenvalue weighted by Gasteiger charge is -2.19. The highest BCUT2D eigenvalue weighted by molar-refractivity contribution is 6.02. The van der Waals surface area contributed by atoms with Crippen LogP contribution < -0.4 is 20.9 Å². The Bertz CT molecular complexity index is 1360. The molecule has 0 aliphatic rings. The van der Waals surface area contributed by atoms with Crippen molar-refractivity contribution < 1.29 is 38.4 Å². The minimum atomic E-state index is -0.739. The quantitative estimate of drug-likeness (QED) is 0.0799. The van der Waals surface area contributed by atoms with E-state index in [1.165, 1.54) is 44.6 Å². The molecule has 0 aliphatic carbocycles. The fourth-order valence-corrected chi connectivity index (χ4v) is 3.63. The number of esters is 2. The Hall–Kier alpha value is -4.41. The predicted octanol–water partition coefficient (Wildman–Crippen LogP) is 5.42. The molecule has 0 heterocycles. The first-order chi connectivity index (χ1) is 20.4. The summed E-state index contributed by atoms with van der Waals surface area (Å²) in [6.45, 7) is 7.69. The van der Waals surface area contributed by atoms with Gasteiger partial charge >= 0.3 is 11.9 Å². The fourth-order valence-electron chi connectivity index (χ4n) is 3.63. The van der Waals surface area contributed by atoms with E-state index in [4.69, 9.17) is 30.4 Å². The molecule has 0 saturated carbocycles. The molecule has 2 aromatic rings. The first-order valence-electron chi connectivity index (χ1n) is 14.0. The van der Waals surface area contributed by atoms with Crippen LogP contribution in [-0.4, -0.2) is 49.5 Å². The molecule has 2 rings (SSSR count). The number of aliphatic hydroxyl groups is 1. The van der Waals surface area contributed by atoms with Gasteiger partial charge in [0.25, 0.3) is 0 Å². The Kier molecular flexibility index (Phi) is 13.7. The van der Waals surface area contributed by atoms with E-state index in [0.717, 1.165) is 18.9 Å².